The Balaban J connectivity index is 2.00. The van der Waals surface area contributed by atoms with Gasteiger partial charge in [0, 0.05) is 18.9 Å². The molecule has 0 aromatic carbocycles. The lowest BCUT2D eigenvalue weighted by atomic mass is 9.92. The van der Waals surface area contributed by atoms with E-state index in [9.17, 15) is 4.79 Å². The summed E-state index contributed by atoms with van der Waals surface area (Å²) in [6, 6.07) is 0.221. The van der Waals surface area contributed by atoms with Crippen LogP contribution in [0.25, 0.3) is 0 Å². The van der Waals surface area contributed by atoms with Crippen molar-refractivity contribution in [2.24, 2.45) is 11.0 Å². The van der Waals surface area contributed by atoms with E-state index in [1.807, 2.05) is 6.92 Å². The van der Waals surface area contributed by atoms with Gasteiger partial charge in [0.25, 0.3) is 0 Å². The molecule has 0 bridgehead atoms. The van der Waals surface area contributed by atoms with Crippen LogP contribution in [0.15, 0.2) is 5.10 Å². The third-order valence-electron chi connectivity index (χ3n) is 3.27. The monoisotopic (exact) mass is 210 g/mol. The largest absolute Gasteiger partial charge is 0.381 e. The molecule has 84 valence electrons. The minimum absolute atomic E-state index is 0.145. The maximum atomic E-state index is 11.6. The minimum Gasteiger partial charge on any atom is -0.381 e. The number of ether oxygens (including phenoxy) is 1. The lowest BCUT2D eigenvalue weighted by Crippen LogP contribution is -2.39. The number of amides is 1. The third kappa shape index (κ3) is 2.20. The highest BCUT2D eigenvalue weighted by Crippen LogP contribution is 2.25. The zero-order valence-electron chi connectivity index (χ0n) is 9.40. The highest BCUT2D eigenvalue weighted by Gasteiger charge is 2.31. The second-order valence-corrected chi connectivity index (χ2v) is 4.44. The van der Waals surface area contributed by atoms with Gasteiger partial charge in [-0.2, -0.15) is 5.10 Å². The summed E-state index contributed by atoms with van der Waals surface area (Å²) in [6.07, 6.45) is 2.58. The third-order valence-corrected chi connectivity index (χ3v) is 3.27. The summed E-state index contributed by atoms with van der Waals surface area (Å²) in [7, 11) is 0. The molecule has 1 atom stereocenters. The van der Waals surface area contributed by atoms with Crippen LogP contribution in [0, 0.1) is 5.92 Å². The molecule has 4 heteroatoms. The van der Waals surface area contributed by atoms with Crippen molar-refractivity contribution in [2.75, 3.05) is 13.2 Å². The summed E-state index contributed by atoms with van der Waals surface area (Å²) in [6.45, 7) is 5.64. The molecule has 2 aliphatic rings. The van der Waals surface area contributed by atoms with E-state index in [4.69, 9.17) is 4.74 Å². The number of nitrogens with zero attached hydrogens (tertiary/aromatic N) is 2. The summed E-state index contributed by atoms with van der Waals surface area (Å²) in [5.41, 5.74) is 0.930. The molecular weight excluding hydrogens is 192 g/mol. The molecule has 1 unspecified atom stereocenters. The Bertz CT molecular complexity index is 282. The van der Waals surface area contributed by atoms with E-state index in [1.165, 1.54) is 0 Å². The van der Waals surface area contributed by atoms with Gasteiger partial charge in [0.15, 0.2) is 0 Å². The van der Waals surface area contributed by atoms with Gasteiger partial charge >= 0.3 is 0 Å². The molecule has 1 saturated heterocycles. The van der Waals surface area contributed by atoms with E-state index in [2.05, 4.69) is 12.0 Å². The molecule has 0 spiro atoms. The van der Waals surface area contributed by atoms with Crippen molar-refractivity contribution in [1.29, 1.82) is 0 Å². The summed E-state index contributed by atoms with van der Waals surface area (Å²) >= 11 is 0. The SMILES string of the molecule is CC1=NN(C(C)C2CCOCC2)C(=O)C1. The average molecular weight is 210 g/mol. The van der Waals surface area contributed by atoms with Gasteiger partial charge < -0.3 is 4.74 Å². The lowest BCUT2D eigenvalue weighted by Gasteiger charge is -2.31. The average Bonchev–Trinajstić information content (AvgIpc) is 2.58. The van der Waals surface area contributed by atoms with Gasteiger partial charge in [0.2, 0.25) is 5.91 Å². The van der Waals surface area contributed by atoms with Gasteiger partial charge in [0.1, 0.15) is 0 Å². The van der Waals surface area contributed by atoms with Gasteiger partial charge in [-0.3, -0.25) is 4.79 Å². The first-order valence-electron chi connectivity index (χ1n) is 5.62. The number of hydrogen-bond donors (Lipinski definition) is 0. The number of hydrogen-bond acceptors (Lipinski definition) is 3. The lowest BCUT2D eigenvalue weighted by molar-refractivity contribution is -0.132. The first kappa shape index (κ1) is 10.6. The van der Waals surface area contributed by atoms with Crippen molar-refractivity contribution in [3.05, 3.63) is 0 Å². The van der Waals surface area contributed by atoms with Crippen LogP contribution in [-0.4, -0.2) is 35.9 Å². The Morgan fingerprint density at radius 2 is 2.13 bits per heavy atom. The quantitative estimate of drug-likeness (QED) is 0.691. The Hall–Kier alpha value is -0.900. The Morgan fingerprint density at radius 1 is 1.47 bits per heavy atom. The molecule has 0 aromatic rings. The van der Waals surface area contributed by atoms with Gasteiger partial charge in [-0.15, -0.1) is 0 Å². The molecule has 0 radical (unpaired) electrons. The molecule has 2 aliphatic heterocycles. The molecule has 2 rings (SSSR count). The summed E-state index contributed by atoms with van der Waals surface area (Å²) in [4.78, 5) is 11.6. The fourth-order valence-electron chi connectivity index (χ4n) is 2.29. The Kier molecular flexibility index (Phi) is 3.05. The zero-order valence-corrected chi connectivity index (χ0v) is 9.40. The van der Waals surface area contributed by atoms with E-state index in [0.717, 1.165) is 31.8 Å². The highest BCUT2D eigenvalue weighted by molar-refractivity contribution is 6.03. The molecule has 1 fully saturated rings. The van der Waals surface area contributed by atoms with E-state index in [-0.39, 0.29) is 11.9 Å². The standard InChI is InChI=1S/C11H18N2O2/c1-8-7-11(14)13(12-8)9(2)10-3-5-15-6-4-10/h9-10H,3-7H2,1-2H3. The van der Waals surface area contributed by atoms with E-state index >= 15 is 0 Å². The van der Waals surface area contributed by atoms with Gasteiger partial charge in [-0.25, -0.2) is 5.01 Å². The summed E-state index contributed by atoms with van der Waals surface area (Å²) in [5, 5.41) is 5.98. The van der Waals surface area contributed by atoms with Crippen molar-refractivity contribution in [3.8, 4) is 0 Å². The predicted molar refractivity (Wildman–Crippen MR) is 57.6 cm³/mol. The number of carbonyl (C=O) groups excluding carboxylic acids is 1. The maximum absolute atomic E-state index is 11.6. The topological polar surface area (TPSA) is 41.9 Å². The van der Waals surface area contributed by atoms with Crippen molar-refractivity contribution in [1.82, 2.24) is 5.01 Å². The van der Waals surface area contributed by atoms with Crippen molar-refractivity contribution in [3.63, 3.8) is 0 Å². The number of carbonyl (C=O) groups is 1. The fourth-order valence-corrected chi connectivity index (χ4v) is 2.29. The van der Waals surface area contributed by atoms with E-state index < -0.39 is 0 Å². The van der Waals surface area contributed by atoms with Crippen molar-refractivity contribution < 1.29 is 9.53 Å². The molecule has 0 aliphatic carbocycles. The smallest absolute Gasteiger partial charge is 0.248 e. The molecule has 0 aromatic heterocycles. The van der Waals surface area contributed by atoms with Crippen LogP contribution in [0.3, 0.4) is 0 Å². The van der Waals surface area contributed by atoms with Crippen LogP contribution < -0.4 is 0 Å². The Labute approximate surface area is 90.3 Å². The second kappa shape index (κ2) is 4.31. The molecular formula is C11H18N2O2. The van der Waals surface area contributed by atoms with Crippen molar-refractivity contribution >= 4 is 11.6 Å². The van der Waals surface area contributed by atoms with Gasteiger partial charge in [0.05, 0.1) is 12.5 Å². The summed E-state index contributed by atoms with van der Waals surface area (Å²) in [5.74, 6) is 0.684. The van der Waals surface area contributed by atoms with Crippen LogP contribution >= 0.6 is 0 Å². The van der Waals surface area contributed by atoms with Crippen LogP contribution in [0.4, 0.5) is 0 Å². The maximum Gasteiger partial charge on any atom is 0.248 e. The molecule has 1 amide bonds. The molecule has 0 N–H and O–H groups in total. The Morgan fingerprint density at radius 3 is 2.67 bits per heavy atom. The molecule has 15 heavy (non-hydrogen) atoms. The number of rotatable bonds is 2. The van der Waals surface area contributed by atoms with Gasteiger partial charge in [-0.05, 0) is 32.6 Å². The zero-order chi connectivity index (χ0) is 10.8. The predicted octanol–water partition coefficient (Wildman–Crippen LogP) is 1.41. The minimum atomic E-state index is 0.145. The molecule has 0 saturated carbocycles. The summed E-state index contributed by atoms with van der Waals surface area (Å²) < 4.78 is 5.32. The highest BCUT2D eigenvalue weighted by atomic mass is 16.5. The van der Waals surface area contributed by atoms with E-state index in [0.29, 0.717) is 12.3 Å². The number of hydrazone groups is 1. The van der Waals surface area contributed by atoms with Crippen LogP contribution in [0.5, 0.6) is 0 Å². The first-order chi connectivity index (χ1) is 7.18. The van der Waals surface area contributed by atoms with Crippen molar-refractivity contribution in [2.45, 2.75) is 39.2 Å². The fraction of sp³-hybridized carbons (Fsp3) is 0.818. The van der Waals surface area contributed by atoms with Crippen LogP contribution in [-0.2, 0) is 9.53 Å². The second-order valence-electron chi connectivity index (χ2n) is 4.44. The van der Waals surface area contributed by atoms with Crippen LogP contribution in [0.1, 0.15) is 33.1 Å². The van der Waals surface area contributed by atoms with Gasteiger partial charge in [-0.1, -0.05) is 0 Å². The van der Waals surface area contributed by atoms with E-state index in [1.54, 1.807) is 5.01 Å². The molecule has 2 heterocycles. The normalized spacial score (nSPS) is 25.6. The van der Waals surface area contributed by atoms with Crippen LogP contribution in [0.2, 0.25) is 0 Å². The first-order valence-corrected chi connectivity index (χ1v) is 5.62. The molecule has 4 nitrogen and oxygen atoms in total.